The summed E-state index contributed by atoms with van der Waals surface area (Å²) in [5.41, 5.74) is 6.12. The van der Waals surface area contributed by atoms with Gasteiger partial charge in [-0.25, -0.2) is 14.4 Å². The van der Waals surface area contributed by atoms with Gasteiger partial charge in [0.2, 0.25) is 0 Å². The van der Waals surface area contributed by atoms with Crippen molar-refractivity contribution in [3.63, 3.8) is 0 Å². The van der Waals surface area contributed by atoms with Crippen LogP contribution in [-0.2, 0) is 0 Å². The third kappa shape index (κ3) is 1.69. The third-order valence-electron chi connectivity index (χ3n) is 3.53. The van der Waals surface area contributed by atoms with Crippen molar-refractivity contribution >= 4 is 16.9 Å². The molecular weight excluding hydrogens is 267 g/mol. The van der Waals surface area contributed by atoms with Gasteiger partial charge in [-0.2, -0.15) is 0 Å². The van der Waals surface area contributed by atoms with Crippen LogP contribution in [0.15, 0.2) is 24.2 Å². The molecule has 0 amide bonds. The number of rotatable bonds is 2. The van der Waals surface area contributed by atoms with Crippen molar-refractivity contribution < 1.29 is 19.7 Å². The predicted molar refractivity (Wildman–Crippen MR) is 68.1 cm³/mol. The summed E-state index contributed by atoms with van der Waals surface area (Å²) in [5.74, 6) is -0.601. The first-order chi connectivity index (χ1) is 9.54. The Labute approximate surface area is 112 Å². The molecule has 0 aromatic carbocycles. The van der Waals surface area contributed by atoms with Crippen molar-refractivity contribution in [3.05, 3.63) is 30.0 Å². The van der Waals surface area contributed by atoms with Gasteiger partial charge < -0.3 is 25.6 Å². The number of anilines is 1. The number of aromatic nitrogens is 3. The van der Waals surface area contributed by atoms with Gasteiger partial charge in [0, 0.05) is 6.20 Å². The first-order valence-electron chi connectivity index (χ1n) is 5.98. The normalized spacial score (nSPS) is 26.2. The Bertz CT molecular complexity index is 699. The highest BCUT2D eigenvalue weighted by atomic mass is 19.1. The lowest BCUT2D eigenvalue weighted by Crippen LogP contribution is -2.30. The van der Waals surface area contributed by atoms with Gasteiger partial charge >= 0.3 is 0 Å². The zero-order valence-electron chi connectivity index (χ0n) is 10.3. The van der Waals surface area contributed by atoms with Gasteiger partial charge in [-0.05, 0) is 5.57 Å². The summed E-state index contributed by atoms with van der Waals surface area (Å²) in [5, 5.41) is 29.0. The van der Waals surface area contributed by atoms with Gasteiger partial charge in [-0.3, -0.25) is 0 Å². The van der Waals surface area contributed by atoms with E-state index in [2.05, 4.69) is 9.97 Å². The van der Waals surface area contributed by atoms with E-state index in [1.165, 1.54) is 17.0 Å². The molecule has 20 heavy (non-hydrogen) atoms. The molecule has 0 radical (unpaired) electrons. The zero-order valence-corrected chi connectivity index (χ0v) is 10.3. The largest absolute Gasteiger partial charge is 0.392 e. The molecule has 0 spiro atoms. The summed E-state index contributed by atoms with van der Waals surface area (Å²) >= 11 is 0. The zero-order chi connectivity index (χ0) is 14.4. The van der Waals surface area contributed by atoms with Gasteiger partial charge in [0.1, 0.15) is 30.0 Å². The maximum atomic E-state index is 13.9. The average Bonchev–Trinajstić information content (AvgIpc) is 2.90. The van der Waals surface area contributed by atoms with Gasteiger partial charge in [0.25, 0.3) is 0 Å². The fraction of sp³-hybridized carbons (Fsp3) is 0.333. The van der Waals surface area contributed by atoms with Crippen molar-refractivity contribution in [1.29, 1.82) is 0 Å². The van der Waals surface area contributed by atoms with E-state index in [1.807, 2.05) is 0 Å². The van der Waals surface area contributed by atoms with Gasteiger partial charge in [0.05, 0.1) is 18.0 Å². The van der Waals surface area contributed by atoms with Crippen molar-refractivity contribution in [3.8, 4) is 0 Å². The topological polar surface area (TPSA) is 117 Å². The van der Waals surface area contributed by atoms with E-state index in [-0.39, 0.29) is 29.0 Å². The Balaban J connectivity index is 2.17. The third-order valence-corrected chi connectivity index (χ3v) is 3.53. The number of hydrogen-bond acceptors (Lipinski definition) is 6. The highest BCUT2D eigenvalue weighted by Crippen LogP contribution is 2.33. The maximum absolute atomic E-state index is 13.9. The molecular formula is C12H13FN4O3. The fourth-order valence-corrected chi connectivity index (χ4v) is 2.50. The molecule has 8 heteroatoms. The van der Waals surface area contributed by atoms with E-state index in [9.17, 15) is 14.6 Å². The summed E-state index contributed by atoms with van der Waals surface area (Å²) in [4.78, 5) is 7.68. The first-order valence-corrected chi connectivity index (χ1v) is 5.98. The minimum Gasteiger partial charge on any atom is -0.392 e. The molecule has 0 bridgehead atoms. The maximum Gasteiger partial charge on any atom is 0.154 e. The lowest BCUT2D eigenvalue weighted by atomic mass is 10.1. The van der Waals surface area contributed by atoms with E-state index < -0.39 is 24.1 Å². The van der Waals surface area contributed by atoms with Crippen LogP contribution in [-0.4, -0.2) is 48.7 Å². The first kappa shape index (κ1) is 13.0. The molecule has 2 aromatic rings. The Morgan fingerprint density at radius 3 is 2.75 bits per heavy atom. The molecule has 1 aliphatic carbocycles. The monoisotopic (exact) mass is 280 g/mol. The van der Waals surface area contributed by atoms with Crippen LogP contribution >= 0.6 is 0 Å². The number of nitrogens with zero attached hydrogens (tertiary/aromatic N) is 3. The lowest BCUT2D eigenvalue weighted by Gasteiger charge is -2.19. The fourth-order valence-electron chi connectivity index (χ4n) is 2.50. The van der Waals surface area contributed by atoms with Crippen LogP contribution in [0.5, 0.6) is 0 Å². The average molecular weight is 280 g/mol. The molecule has 0 unspecified atom stereocenters. The smallest absolute Gasteiger partial charge is 0.154 e. The predicted octanol–water partition coefficient (Wildman–Crippen LogP) is -0.652. The van der Waals surface area contributed by atoms with Crippen LogP contribution in [0.4, 0.5) is 10.2 Å². The van der Waals surface area contributed by atoms with E-state index in [0.717, 1.165) is 6.20 Å². The molecule has 0 aliphatic heterocycles. The molecule has 1 aliphatic rings. The van der Waals surface area contributed by atoms with E-state index in [1.54, 1.807) is 0 Å². The Hall–Kier alpha value is -2.03. The van der Waals surface area contributed by atoms with Gasteiger partial charge in [-0.15, -0.1) is 0 Å². The van der Waals surface area contributed by atoms with E-state index in [4.69, 9.17) is 10.8 Å². The minimum absolute atomic E-state index is 0.00523. The Kier molecular flexibility index (Phi) is 2.93. The van der Waals surface area contributed by atoms with Gasteiger partial charge in [-0.1, -0.05) is 6.08 Å². The molecule has 2 aromatic heterocycles. The highest BCUT2D eigenvalue weighted by Gasteiger charge is 2.36. The summed E-state index contributed by atoms with van der Waals surface area (Å²) < 4.78 is 15.3. The number of halogens is 1. The van der Waals surface area contributed by atoms with E-state index >= 15 is 0 Å². The van der Waals surface area contributed by atoms with Crippen LogP contribution in [0.3, 0.4) is 0 Å². The summed E-state index contributed by atoms with van der Waals surface area (Å²) in [6.45, 7) is -0.381. The molecule has 5 N–H and O–H groups in total. The quantitative estimate of drug-likeness (QED) is 0.543. The van der Waals surface area contributed by atoms with Crippen molar-refractivity contribution in [2.24, 2.45) is 0 Å². The summed E-state index contributed by atoms with van der Waals surface area (Å²) in [6, 6.07) is -0.728. The van der Waals surface area contributed by atoms with E-state index in [0.29, 0.717) is 0 Å². The van der Waals surface area contributed by atoms with Crippen LogP contribution in [0.25, 0.3) is 11.0 Å². The number of nitrogens with two attached hydrogens (primary N) is 1. The minimum atomic E-state index is -1.19. The molecule has 2 heterocycles. The lowest BCUT2D eigenvalue weighted by molar-refractivity contribution is 0.0288. The van der Waals surface area contributed by atoms with Crippen molar-refractivity contribution in [2.45, 2.75) is 18.2 Å². The van der Waals surface area contributed by atoms with Gasteiger partial charge in [0.15, 0.2) is 5.82 Å². The van der Waals surface area contributed by atoms with Crippen molar-refractivity contribution in [2.75, 3.05) is 12.3 Å². The molecule has 7 nitrogen and oxygen atoms in total. The molecule has 0 saturated heterocycles. The Morgan fingerprint density at radius 1 is 1.35 bits per heavy atom. The second kappa shape index (κ2) is 4.51. The second-order valence-electron chi connectivity index (χ2n) is 4.67. The summed E-state index contributed by atoms with van der Waals surface area (Å²) in [6.07, 6.45) is 1.45. The molecule has 3 rings (SSSR count). The highest BCUT2D eigenvalue weighted by molar-refractivity contribution is 5.87. The molecule has 106 valence electrons. The number of fused-ring (bicyclic) bond motifs is 1. The SMILES string of the molecule is Nc1ncnc2c1c(F)cn2[C@@H]1C=C(CO)[C@@H](O)[C@H]1O. The Morgan fingerprint density at radius 2 is 2.10 bits per heavy atom. The number of aliphatic hydroxyl groups is 3. The van der Waals surface area contributed by atoms with Crippen LogP contribution < -0.4 is 5.73 Å². The molecule has 3 atom stereocenters. The molecule has 0 fully saturated rings. The van der Waals surface area contributed by atoms with Crippen LogP contribution in [0.1, 0.15) is 6.04 Å². The summed E-state index contributed by atoms with van der Waals surface area (Å²) in [7, 11) is 0. The number of nitrogen functional groups attached to an aromatic ring is 1. The standard InChI is InChI=1S/C12H13FN4O3/c13-6-2-17(12-8(6)11(14)15-4-16-12)7-1-5(3-18)9(19)10(7)20/h1-2,4,7,9-10,18-20H,3H2,(H2,14,15,16)/t7-,9-,10+/m1/s1. The number of hydrogen-bond donors (Lipinski definition) is 4. The van der Waals surface area contributed by atoms with Crippen LogP contribution in [0.2, 0.25) is 0 Å². The number of aliphatic hydroxyl groups excluding tert-OH is 3. The van der Waals surface area contributed by atoms with Crippen molar-refractivity contribution in [1.82, 2.24) is 14.5 Å². The molecule has 0 saturated carbocycles. The van der Waals surface area contributed by atoms with Crippen LogP contribution in [0, 0.1) is 5.82 Å². The second-order valence-corrected chi connectivity index (χ2v) is 4.67.